The first-order valence-electron chi connectivity index (χ1n) is 7.44. The fourth-order valence-electron chi connectivity index (χ4n) is 2.29. The van der Waals surface area contributed by atoms with E-state index < -0.39 is 0 Å². The van der Waals surface area contributed by atoms with Crippen LogP contribution in [0.15, 0.2) is 48.5 Å². The molecule has 0 fully saturated rings. The summed E-state index contributed by atoms with van der Waals surface area (Å²) in [6.45, 7) is 2.70. The summed E-state index contributed by atoms with van der Waals surface area (Å²) in [4.78, 5) is 14.1. The molecule has 1 N–H and O–H groups in total. The third-order valence-electron chi connectivity index (χ3n) is 3.86. The quantitative estimate of drug-likeness (QED) is 0.842. The lowest BCUT2D eigenvalue weighted by Gasteiger charge is -2.24. The number of rotatable bonds is 6. The van der Waals surface area contributed by atoms with Crippen molar-refractivity contribution in [2.24, 2.45) is 0 Å². The van der Waals surface area contributed by atoms with Crippen LogP contribution < -0.4 is 5.32 Å². The van der Waals surface area contributed by atoms with E-state index >= 15 is 0 Å². The minimum atomic E-state index is -0.0636. The van der Waals surface area contributed by atoms with Crippen LogP contribution in [0.4, 0.5) is 0 Å². The Balaban J connectivity index is 1.89. The van der Waals surface area contributed by atoms with E-state index in [-0.39, 0.29) is 11.9 Å². The van der Waals surface area contributed by atoms with Crippen molar-refractivity contribution in [3.05, 3.63) is 69.7 Å². The van der Waals surface area contributed by atoms with Crippen molar-refractivity contribution >= 4 is 29.1 Å². The van der Waals surface area contributed by atoms with E-state index in [0.29, 0.717) is 23.1 Å². The fraction of sp³-hybridized carbons (Fsp3) is 0.278. The SMILES string of the molecule is C[C@H](c1ccccc1)N(C)CC(=O)NCc1c(Cl)cccc1Cl. The van der Waals surface area contributed by atoms with Gasteiger partial charge in [-0.15, -0.1) is 0 Å². The monoisotopic (exact) mass is 350 g/mol. The molecule has 0 aliphatic carbocycles. The van der Waals surface area contributed by atoms with Gasteiger partial charge in [0.05, 0.1) is 6.54 Å². The van der Waals surface area contributed by atoms with Gasteiger partial charge in [0, 0.05) is 28.2 Å². The van der Waals surface area contributed by atoms with Crippen molar-refractivity contribution in [3.63, 3.8) is 0 Å². The van der Waals surface area contributed by atoms with Gasteiger partial charge < -0.3 is 5.32 Å². The maximum absolute atomic E-state index is 12.1. The molecule has 0 saturated heterocycles. The summed E-state index contributed by atoms with van der Waals surface area (Å²) in [7, 11) is 1.93. The van der Waals surface area contributed by atoms with Crippen molar-refractivity contribution < 1.29 is 4.79 Å². The Kier molecular flexibility index (Phi) is 6.46. The zero-order chi connectivity index (χ0) is 16.8. The molecule has 0 aromatic heterocycles. The lowest BCUT2D eigenvalue weighted by atomic mass is 10.1. The van der Waals surface area contributed by atoms with Gasteiger partial charge in [0.15, 0.2) is 0 Å². The molecule has 5 heteroatoms. The van der Waals surface area contributed by atoms with Gasteiger partial charge in [-0.05, 0) is 31.7 Å². The number of likely N-dealkylation sites (N-methyl/N-ethyl adjacent to an activating group) is 1. The lowest BCUT2D eigenvalue weighted by Crippen LogP contribution is -2.36. The second kappa shape index (κ2) is 8.34. The molecule has 2 aromatic carbocycles. The number of carbonyl (C=O) groups is 1. The maximum atomic E-state index is 12.1. The molecular formula is C18H20Cl2N2O. The average molecular weight is 351 g/mol. The number of nitrogens with one attached hydrogen (secondary N) is 1. The Hall–Kier alpha value is -1.55. The van der Waals surface area contributed by atoms with Crippen LogP contribution in [-0.2, 0) is 11.3 Å². The summed E-state index contributed by atoms with van der Waals surface area (Å²) in [5, 5.41) is 3.99. The molecule has 0 saturated carbocycles. The van der Waals surface area contributed by atoms with Gasteiger partial charge >= 0.3 is 0 Å². The van der Waals surface area contributed by atoms with E-state index in [0.717, 1.165) is 5.56 Å². The summed E-state index contributed by atoms with van der Waals surface area (Å²) in [6, 6.07) is 15.6. The van der Waals surface area contributed by atoms with Crippen LogP contribution in [0.5, 0.6) is 0 Å². The van der Waals surface area contributed by atoms with Crippen LogP contribution in [0.1, 0.15) is 24.1 Å². The molecule has 23 heavy (non-hydrogen) atoms. The van der Waals surface area contributed by atoms with Gasteiger partial charge in [0.25, 0.3) is 0 Å². The first-order chi connectivity index (χ1) is 11.0. The Morgan fingerprint density at radius 1 is 1.09 bits per heavy atom. The van der Waals surface area contributed by atoms with Crippen molar-refractivity contribution in [2.75, 3.05) is 13.6 Å². The molecule has 0 unspecified atom stereocenters. The normalized spacial score (nSPS) is 12.2. The van der Waals surface area contributed by atoms with Crippen molar-refractivity contribution in [3.8, 4) is 0 Å². The standard InChI is InChI=1S/C18H20Cl2N2O/c1-13(14-7-4-3-5-8-14)22(2)12-18(23)21-11-15-16(19)9-6-10-17(15)20/h3-10,13H,11-12H2,1-2H3,(H,21,23)/t13-/m1/s1. The fourth-order valence-corrected chi connectivity index (χ4v) is 2.82. The first kappa shape index (κ1) is 17.8. The van der Waals surface area contributed by atoms with Crippen molar-refractivity contribution in [2.45, 2.75) is 19.5 Å². The third kappa shape index (κ3) is 4.96. The van der Waals surface area contributed by atoms with E-state index in [4.69, 9.17) is 23.2 Å². The maximum Gasteiger partial charge on any atom is 0.234 e. The average Bonchev–Trinajstić information content (AvgIpc) is 2.54. The van der Waals surface area contributed by atoms with Crippen molar-refractivity contribution in [1.82, 2.24) is 10.2 Å². The van der Waals surface area contributed by atoms with Gasteiger partial charge in [-0.3, -0.25) is 9.69 Å². The van der Waals surface area contributed by atoms with E-state index in [1.165, 1.54) is 5.56 Å². The Morgan fingerprint density at radius 2 is 1.70 bits per heavy atom. The van der Waals surface area contributed by atoms with Gasteiger partial charge in [-0.25, -0.2) is 0 Å². The zero-order valence-electron chi connectivity index (χ0n) is 13.2. The molecule has 1 atom stereocenters. The number of hydrogen-bond acceptors (Lipinski definition) is 2. The number of halogens is 2. The molecule has 0 spiro atoms. The predicted molar refractivity (Wildman–Crippen MR) is 95.8 cm³/mol. The highest BCUT2D eigenvalue weighted by atomic mass is 35.5. The molecule has 1 amide bonds. The summed E-state index contributed by atoms with van der Waals surface area (Å²) in [5.41, 5.74) is 1.92. The molecular weight excluding hydrogens is 331 g/mol. The predicted octanol–water partition coefficient (Wildman–Crippen LogP) is 4.30. The molecule has 2 rings (SSSR count). The second-order valence-corrected chi connectivity index (χ2v) is 6.29. The van der Waals surface area contributed by atoms with Crippen LogP contribution in [-0.4, -0.2) is 24.4 Å². The smallest absolute Gasteiger partial charge is 0.234 e. The van der Waals surface area contributed by atoms with E-state index in [1.54, 1.807) is 18.2 Å². The Bertz CT molecular complexity index is 641. The second-order valence-electron chi connectivity index (χ2n) is 5.48. The number of benzene rings is 2. The highest BCUT2D eigenvalue weighted by molar-refractivity contribution is 6.36. The Morgan fingerprint density at radius 3 is 2.30 bits per heavy atom. The number of nitrogens with zero attached hydrogens (tertiary/aromatic N) is 1. The molecule has 2 aromatic rings. The molecule has 0 aliphatic rings. The van der Waals surface area contributed by atoms with Gasteiger partial charge in [-0.2, -0.15) is 0 Å². The minimum absolute atomic E-state index is 0.0636. The molecule has 122 valence electrons. The van der Waals surface area contributed by atoms with Crippen molar-refractivity contribution in [1.29, 1.82) is 0 Å². The van der Waals surface area contributed by atoms with Crippen LogP contribution in [0.3, 0.4) is 0 Å². The molecule has 0 bridgehead atoms. The number of amides is 1. The van der Waals surface area contributed by atoms with Crippen LogP contribution in [0.2, 0.25) is 10.0 Å². The largest absolute Gasteiger partial charge is 0.351 e. The molecule has 0 radical (unpaired) electrons. The topological polar surface area (TPSA) is 32.3 Å². The highest BCUT2D eigenvalue weighted by Gasteiger charge is 2.15. The first-order valence-corrected chi connectivity index (χ1v) is 8.19. The summed E-state index contributed by atoms with van der Waals surface area (Å²) in [5.74, 6) is -0.0636. The summed E-state index contributed by atoms with van der Waals surface area (Å²) >= 11 is 12.2. The van der Waals surface area contributed by atoms with Gasteiger partial charge in [0.2, 0.25) is 5.91 Å². The summed E-state index contributed by atoms with van der Waals surface area (Å²) < 4.78 is 0. The van der Waals surface area contributed by atoms with Gasteiger partial charge in [0.1, 0.15) is 0 Å². The van der Waals surface area contributed by atoms with E-state index in [9.17, 15) is 4.79 Å². The number of hydrogen-bond donors (Lipinski definition) is 1. The van der Waals surface area contributed by atoms with E-state index in [2.05, 4.69) is 24.4 Å². The van der Waals surface area contributed by atoms with Crippen LogP contribution >= 0.6 is 23.2 Å². The molecule has 0 aliphatic heterocycles. The molecule has 3 nitrogen and oxygen atoms in total. The summed E-state index contributed by atoms with van der Waals surface area (Å²) in [6.07, 6.45) is 0. The van der Waals surface area contributed by atoms with Gasteiger partial charge in [-0.1, -0.05) is 59.6 Å². The third-order valence-corrected chi connectivity index (χ3v) is 4.57. The van der Waals surface area contributed by atoms with Crippen LogP contribution in [0.25, 0.3) is 0 Å². The lowest BCUT2D eigenvalue weighted by molar-refractivity contribution is -0.122. The zero-order valence-corrected chi connectivity index (χ0v) is 14.7. The van der Waals surface area contributed by atoms with Crippen LogP contribution in [0, 0.1) is 0 Å². The minimum Gasteiger partial charge on any atom is -0.351 e. The molecule has 0 heterocycles. The highest BCUT2D eigenvalue weighted by Crippen LogP contribution is 2.24. The van der Waals surface area contributed by atoms with E-state index in [1.807, 2.05) is 30.1 Å². The Labute approximate surface area is 147 Å². The number of carbonyl (C=O) groups excluding carboxylic acids is 1.